The van der Waals surface area contributed by atoms with Crippen molar-refractivity contribution in [2.75, 3.05) is 0 Å². The van der Waals surface area contributed by atoms with Gasteiger partial charge in [-0.1, -0.05) is 50.5 Å². The van der Waals surface area contributed by atoms with Gasteiger partial charge in [0.05, 0.1) is 0 Å². The maximum atomic E-state index is 11.2. The molecule has 1 aliphatic carbocycles. The Morgan fingerprint density at radius 1 is 1.37 bits per heavy atom. The van der Waals surface area contributed by atoms with Crippen molar-refractivity contribution in [1.82, 2.24) is 0 Å². The molecule has 0 N–H and O–H groups in total. The molecule has 1 atom stereocenters. The Balaban J connectivity index is 2.19. The third-order valence-corrected chi connectivity index (χ3v) is 4.50. The second-order valence-corrected chi connectivity index (χ2v) is 6.40. The van der Waals surface area contributed by atoms with Crippen LogP contribution in [0.2, 0.25) is 0 Å². The number of unbranched alkanes of at least 4 members (excludes halogenated alkanes) is 1. The first-order valence-electron chi connectivity index (χ1n) is 7.66. The van der Waals surface area contributed by atoms with E-state index in [2.05, 4.69) is 39.0 Å². The first-order valence-corrected chi connectivity index (χ1v) is 7.66. The Hall–Kier alpha value is -1.11. The van der Waals surface area contributed by atoms with E-state index in [-0.39, 0.29) is 5.41 Å². The van der Waals surface area contributed by atoms with Gasteiger partial charge in [0.25, 0.3) is 0 Å². The van der Waals surface area contributed by atoms with Crippen LogP contribution in [-0.4, -0.2) is 6.29 Å². The molecular weight excluding hydrogens is 232 g/mol. The largest absolute Gasteiger partial charge is 0.303 e. The number of aldehydes is 1. The highest BCUT2D eigenvalue weighted by molar-refractivity contribution is 5.64. The fraction of sp³-hybridized carbons (Fsp3) is 0.611. The third-order valence-electron chi connectivity index (χ3n) is 4.50. The van der Waals surface area contributed by atoms with E-state index in [0.29, 0.717) is 5.92 Å². The normalized spacial score (nSPS) is 18.1. The summed E-state index contributed by atoms with van der Waals surface area (Å²) in [6.45, 7) is 6.71. The molecule has 1 heteroatoms. The summed E-state index contributed by atoms with van der Waals surface area (Å²) in [5, 5.41) is 0. The summed E-state index contributed by atoms with van der Waals surface area (Å²) >= 11 is 0. The number of carbonyl (C=O) groups excluding carboxylic acids is 1. The van der Waals surface area contributed by atoms with Crippen LogP contribution in [0.25, 0.3) is 0 Å². The summed E-state index contributed by atoms with van der Waals surface area (Å²) < 4.78 is 0. The molecule has 0 aliphatic heterocycles. The lowest BCUT2D eigenvalue weighted by Crippen LogP contribution is -2.10. The second-order valence-electron chi connectivity index (χ2n) is 6.40. The first-order chi connectivity index (χ1) is 9.10. The minimum Gasteiger partial charge on any atom is -0.303 e. The van der Waals surface area contributed by atoms with E-state index in [1.165, 1.54) is 42.2 Å². The Kier molecular flexibility index (Phi) is 4.44. The Morgan fingerprint density at radius 2 is 2.11 bits per heavy atom. The summed E-state index contributed by atoms with van der Waals surface area (Å²) in [4.78, 5) is 11.2. The van der Waals surface area contributed by atoms with Gasteiger partial charge < -0.3 is 4.79 Å². The van der Waals surface area contributed by atoms with Crippen molar-refractivity contribution in [3.05, 3.63) is 34.9 Å². The summed E-state index contributed by atoms with van der Waals surface area (Å²) in [5.74, 6) is 0.609. The van der Waals surface area contributed by atoms with E-state index < -0.39 is 0 Å². The van der Waals surface area contributed by atoms with E-state index in [4.69, 9.17) is 0 Å². The summed E-state index contributed by atoms with van der Waals surface area (Å²) in [5.41, 5.74) is 4.16. The average molecular weight is 258 g/mol. The van der Waals surface area contributed by atoms with Crippen molar-refractivity contribution in [2.24, 2.45) is 5.41 Å². The van der Waals surface area contributed by atoms with Crippen LogP contribution < -0.4 is 0 Å². The first kappa shape index (κ1) is 14.3. The predicted molar refractivity (Wildman–Crippen MR) is 80.6 cm³/mol. The maximum absolute atomic E-state index is 11.2. The van der Waals surface area contributed by atoms with Crippen LogP contribution in [-0.2, 0) is 11.2 Å². The van der Waals surface area contributed by atoms with Crippen LogP contribution in [0.15, 0.2) is 18.2 Å². The molecule has 2 rings (SSSR count). The lowest BCUT2D eigenvalue weighted by atomic mass is 9.86. The van der Waals surface area contributed by atoms with Gasteiger partial charge in [-0.15, -0.1) is 0 Å². The topological polar surface area (TPSA) is 17.1 Å². The number of aryl methyl sites for hydroxylation is 1. The molecule has 0 radical (unpaired) electrons. The number of benzene rings is 1. The number of hydrogen-bond acceptors (Lipinski definition) is 1. The van der Waals surface area contributed by atoms with Gasteiger partial charge in [-0.25, -0.2) is 0 Å². The molecular formula is C18H26O. The fourth-order valence-electron chi connectivity index (χ4n) is 2.91. The molecule has 1 saturated carbocycles. The summed E-state index contributed by atoms with van der Waals surface area (Å²) in [6.07, 6.45) is 8.08. The van der Waals surface area contributed by atoms with Gasteiger partial charge in [0.2, 0.25) is 0 Å². The highest BCUT2D eigenvalue weighted by Gasteiger charge is 2.42. The van der Waals surface area contributed by atoms with E-state index in [1.54, 1.807) is 0 Å². The fourth-order valence-corrected chi connectivity index (χ4v) is 2.91. The minimum absolute atomic E-state index is 0.0208. The van der Waals surface area contributed by atoms with Gasteiger partial charge in [-0.2, -0.15) is 0 Å². The zero-order valence-electron chi connectivity index (χ0n) is 12.5. The van der Waals surface area contributed by atoms with Crippen LogP contribution in [0.4, 0.5) is 0 Å². The summed E-state index contributed by atoms with van der Waals surface area (Å²) in [6, 6.07) is 6.79. The van der Waals surface area contributed by atoms with E-state index in [1.807, 2.05) is 0 Å². The molecule has 1 aliphatic rings. The average Bonchev–Trinajstić information content (AvgIpc) is 3.16. The monoisotopic (exact) mass is 258 g/mol. The quantitative estimate of drug-likeness (QED) is 0.641. The highest BCUT2D eigenvalue weighted by atomic mass is 16.1. The van der Waals surface area contributed by atoms with Gasteiger partial charge in [0, 0.05) is 5.41 Å². The molecule has 1 nitrogen and oxygen atoms in total. The molecule has 0 saturated heterocycles. The van der Waals surface area contributed by atoms with Crippen LogP contribution >= 0.6 is 0 Å². The molecule has 1 aromatic rings. The Morgan fingerprint density at radius 3 is 2.68 bits per heavy atom. The third kappa shape index (κ3) is 3.46. The van der Waals surface area contributed by atoms with Crippen LogP contribution in [0.5, 0.6) is 0 Å². The Bertz CT molecular complexity index is 443. The SMILES string of the molecule is CCCCC(C)c1ccc(C)cc1CC1(C=O)CC1. The lowest BCUT2D eigenvalue weighted by molar-refractivity contribution is -0.112. The second kappa shape index (κ2) is 5.90. The molecule has 0 bridgehead atoms. The molecule has 19 heavy (non-hydrogen) atoms. The Labute approximate surface area is 117 Å². The van der Waals surface area contributed by atoms with E-state index in [9.17, 15) is 4.79 Å². The smallest absolute Gasteiger partial charge is 0.126 e. The van der Waals surface area contributed by atoms with Crippen LogP contribution in [0, 0.1) is 12.3 Å². The van der Waals surface area contributed by atoms with Crippen molar-refractivity contribution >= 4 is 6.29 Å². The lowest BCUT2D eigenvalue weighted by Gasteiger charge is -2.19. The van der Waals surface area contributed by atoms with E-state index in [0.717, 1.165) is 19.3 Å². The van der Waals surface area contributed by atoms with E-state index >= 15 is 0 Å². The van der Waals surface area contributed by atoms with Gasteiger partial charge in [0.1, 0.15) is 6.29 Å². The van der Waals surface area contributed by atoms with Gasteiger partial charge in [-0.05, 0) is 49.7 Å². The van der Waals surface area contributed by atoms with Crippen molar-refractivity contribution in [3.8, 4) is 0 Å². The maximum Gasteiger partial charge on any atom is 0.126 e. The molecule has 104 valence electrons. The summed E-state index contributed by atoms with van der Waals surface area (Å²) in [7, 11) is 0. The van der Waals surface area contributed by atoms with Crippen molar-refractivity contribution in [1.29, 1.82) is 0 Å². The van der Waals surface area contributed by atoms with Crippen molar-refractivity contribution in [3.63, 3.8) is 0 Å². The van der Waals surface area contributed by atoms with Gasteiger partial charge in [0.15, 0.2) is 0 Å². The highest BCUT2D eigenvalue weighted by Crippen LogP contribution is 2.47. The van der Waals surface area contributed by atoms with Crippen LogP contribution in [0.1, 0.15) is 68.6 Å². The molecule has 0 heterocycles. The number of hydrogen-bond donors (Lipinski definition) is 0. The van der Waals surface area contributed by atoms with Crippen LogP contribution in [0.3, 0.4) is 0 Å². The minimum atomic E-state index is -0.0208. The predicted octanol–water partition coefficient (Wildman–Crippen LogP) is 4.81. The molecule has 1 fully saturated rings. The number of rotatable bonds is 7. The zero-order chi connectivity index (χ0) is 13.9. The molecule has 0 aromatic heterocycles. The molecule has 0 spiro atoms. The number of carbonyl (C=O) groups is 1. The van der Waals surface area contributed by atoms with Gasteiger partial charge >= 0.3 is 0 Å². The zero-order valence-corrected chi connectivity index (χ0v) is 12.5. The standard InChI is InChI=1S/C18H26O/c1-4-5-6-15(3)17-8-7-14(2)11-16(17)12-18(13-19)9-10-18/h7-8,11,13,15H,4-6,9-10,12H2,1-3H3. The molecule has 1 unspecified atom stereocenters. The molecule has 1 aromatic carbocycles. The van der Waals surface area contributed by atoms with Gasteiger partial charge in [-0.3, -0.25) is 0 Å². The molecule has 0 amide bonds. The van der Waals surface area contributed by atoms with Crippen molar-refractivity contribution in [2.45, 2.75) is 65.2 Å². The van der Waals surface area contributed by atoms with Crippen molar-refractivity contribution < 1.29 is 4.79 Å².